The fraction of sp³-hybridized carbons (Fsp3) is 0.882. The van der Waals surface area contributed by atoms with Gasteiger partial charge in [0, 0.05) is 4.91 Å². The molecule has 0 unspecified atom stereocenters. The third-order valence-corrected chi connectivity index (χ3v) is 8.88. The summed E-state index contributed by atoms with van der Waals surface area (Å²) in [5.74, 6) is -2.63. The molecule has 2 atom stereocenters. The van der Waals surface area contributed by atoms with Crippen molar-refractivity contribution in [3.63, 3.8) is 0 Å². The maximum atomic E-state index is 12.0. The molecule has 0 bridgehead atoms. The van der Waals surface area contributed by atoms with Crippen LogP contribution in [-0.2, 0) is 18.8 Å². The third kappa shape index (κ3) is 9.21. The largest absolute Gasteiger partial charge is 0.481 e. The molecule has 0 saturated carbocycles. The van der Waals surface area contributed by atoms with Crippen molar-refractivity contribution < 1.29 is 23.9 Å². The Hall–Kier alpha value is -1.57. The van der Waals surface area contributed by atoms with Gasteiger partial charge in [0.05, 0.1) is 25.0 Å². The van der Waals surface area contributed by atoms with Gasteiger partial charge in [0.25, 0.3) is 0 Å². The number of carbonyl (C=O) groups excluding carboxylic acids is 1. The summed E-state index contributed by atoms with van der Waals surface area (Å²) >= 11 is 0. The predicted octanol–water partition coefficient (Wildman–Crippen LogP) is 4.51. The summed E-state index contributed by atoms with van der Waals surface area (Å²) in [6.07, 6.45) is -0.726. The minimum atomic E-state index is -2.19. The maximum Gasteiger partial charge on any atom is 0.307 e. The highest BCUT2D eigenvalue weighted by molar-refractivity contribution is 6.74. The number of nitrogens with zero attached hydrogens (tertiary/aromatic N) is 3. The number of aliphatic carboxylic acids is 1. The van der Waals surface area contributed by atoms with Gasteiger partial charge in [-0.25, -0.2) is 0 Å². The molecule has 9 heteroatoms. The first-order valence-corrected chi connectivity index (χ1v) is 11.6. The number of esters is 1. The van der Waals surface area contributed by atoms with Gasteiger partial charge in [-0.15, -0.1) is 0 Å². The van der Waals surface area contributed by atoms with Crippen molar-refractivity contribution in [1.29, 1.82) is 0 Å². The van der Waals surface area contributed by atoms with E-state index in [2.05, 4.69) is 30.8 Å². The van der Waals surface area contributed by atoms with Gasteiger partial charge < -0.3 is 14.3 Å². The molecule has 26 heavy (non-hydrogen) atoms. The van der Waals surface area contributed by atoms with Crippen LogP contribution in [0.25, 0.3) is 10.4 Å². The van der Waals surface area contributed by atoms with Crippen molar-refractivity contribution in [2.75, 3.05) is 6.54 Å². The predicted molar refractivity (Wildman–Crippen MR) is 102 cm³/mol. The molecule has 150 valence electrons. The number of rotatable bonds is 9. The van der Waals surface area contributed by atoms with E-state index >= 15 is 0 Å². The fourth-order valence-electron chi connectivity index (χ4n) is 2.05. The average Bonchev–Trinajstić information content (AvgIpc) is 2.40. The van der Waals surface area contributed by atoms with Crippen molar-refractivity contribution in [3.8, 4) is 0 Å². The zero-order valence-electron chi connectivity index (χ0n) is 17.2. The SMILES string of the molecule is CC(C)(C)OC(=O)C[C@H](C[C@@H](CN=[N+]=[N-])O[Si](C)(C)C(C)(C)C)C(=O)O. The van der Waals surface area contributed by atoms with E-state index in [-0.39, 0.29) is 24.4 Å². The molecule has 1 N–H and O–H groups in total. The molecule has 0 radical (unpaired) electrons. The Bertz CT molecular complexity index is 546. The van der Waals surface area contributed by atoms with Gasteiger partial charge in [0.2, 0.25) is 0 Å². The number of hydrogen-bond acceptors (Lipinski definition) is 5. The Kier molecular flexibility index (Phi) is 8.82. The normalized spacial score (nSPS) is 14.9. The minimum Gasteiger partial charge on any atom is -0.481 e. The second-order valence-corrected chi connectivity index (χ2v) is 13.7. The number of ether oxygens (including phenoxy) is 1. The summed E-state index contributed by atoms with van der Waals surface area (Å²) in [6.45, 7) is 15.5. The maximum absolute atomic E-state index is 12.0. The van der Waals surface area contributed by atoms with Crippen LogP contribution in [0.4, 0.5) is 0 Å². The van der Waals surface area contributed by atoms with E-state index < -0.39 is 37.9 Å². The molecule has 0 spiro atoms. The van der Waals surface area contributed by atoms with Crippen LogP contribution in [0.1, 0.15) is 54.4 Å². The first-order chi connectivity index (χ1) is 11.6. The standard InChI is InChI=1S/C17H33N3O5Si/c1-16(2,3)24-14(21)10-12(15(22)23)9-13(11-19-20-18)25-26(7,8)17(4,5)6/h12-13H,9-11H2,1-8H3,(H,22,23)/t12-,13-/m0/s1. The highest BCUT2D eigenvalue weighted by Gasteiger charge is 2.40. The summed E-state index contributed by atoms with van der Waals surface area (Å²) in [6, 6.07) is 0. The molecule has 0 aliphatic heterocycles. The van der Waals surface area contributed by atoms with Crippen LogP contribution in [-0.4, -0.2) is 43.6 Å². The first kappa shape index (κ1) is 24.4. The average molecular weight is 388 g/mol. The van der Waals surface area contributed by atoms with Gasteiger partial charge in [0.15, 0.2) is 8.32 Å². The molecule has 0 aliphatic carbocycles. The van der Waals surface area contributed by atoms with Crippen LogP contribution < -0.4 is 0 Å². The second-order valence-electron chi connectivity index (χ2n) is 8.98. The van der Waals surface area contributed by atoms with E-state index in [0.29, 0.717) is 0 Å². The number of azide groups is 1. The zero-order chi connectivity index (χ0) is 20.8. The summed E-state index contributed by atoms with van der Waals surface area (Å²) in [5.41, 5.74) is 7.94. The molecule has 0 heterocycles. The lowest BCUT2D eigenvalue weighted by Gasteiger charge is -2.39. The summed E-state index contributed by atoms with van der Waals surface area (Å²) in [5, 5.41) is 13.0. The van der Waals surface area contributed by atoms with Crippen molar-refractivity contribution in [3.05, 3.63) is 10.4 Å². The number of carboxylic acids is 1. The first-order valence-electron chi connectivity index (χ1n) is 8.72. The summed E-state index contributed by atoms with van der Waals surface area (Å²) in [4.78, 5) is 26.4. The Morgan fingerprint density at radius 1 is 1.19 bits per heavy atom. The summed E-state index contributed by atoms with van der Waals surface area (Å²) in [7, 11) is -2.19. The molecule has 0 fully saturated rings. The number of carbonyl (C=O) groups is 2. The third-order valence-electron chi connectivity index (χ3n) is 4.35. The van der Waals surface area contributed by atoms with Crippen LogP contribution in [0.5, 0.6) is 0 Å². The van der Waals surface area contributed by atoms with Crippen LogP contribution in [0.2, 0.25) is 18.1 Å². The van der Waals surface area contributed by atoms with Gasteiger partial charge in [-0.05, 0) is 50.9 Å². The Morgan fingerprint density at radius 3 is 2.12 bits per heavy atom. The molecule has 0 aromatic heterocycles. The Labute approximate surface area is 157 Å². The van der Waals surface area contributed by atoms with E-state index in [0.717, 1.165) is 0 Å². The van der Waals surface area contributed by atoms with Crippen molar-refractivity contribution in [1.82, 2.24) is 0 Å². The number of hydrogen-bond donors (Lipinski definition) is 1. The minimum absolute atomic E-state index is 0.0289. The lowest BCUT2D eigenvalue weighted by Crippen LogP contribution is -2.45. The van der Waals surface area contributed by atoms with E-state index in [1.807, 2.05) is 13.1 Å². The molecule has 0 aliphatic rings. The monoisotopic (exact) mass is 387 g/mol. The van der Waals surface area contributed by atoms with E-state index in [4.69, 9.17) is 14.7 Å². The molecule has 0 amide bonds. The zero-order valence-corrected chi connectivity index (χ0v) is 18.2. The van der Waals surface area contributed by atoms with Crippen molar-refractivity contribution >= 4 is 20.3 Å². The molecular formula is C17H33N3O5Si. The van der Waals surface area contributed by atoms with Gasteiger partial charge in [-0.2, -0.15) is 0 Å². The fourth-order valence-corrected chi connectivity index (χ4v) is 3.41. The van der Waals surface area contributed by atoms with Crippen LogP contribution in [0, 0.1) is 5.92 Å². The lowest BCUT2D eigenvalue weighted by atomic mass is 9.98. The highest BCUT2D eigenvalue weighted by Crippen LogP contribution is 2.38. The van der Waals surface area contributed by atoms with E-state index in [9.17, 15) is 14.7 Å². The second kappa shape index (κ2) is 9.39. The summed E-state index contributed by atoms with van der Waals surface area (Å²) < 4.78 is 11.4. The molecule has 0 rings (SSSR count). The molecule has 0 aromatic carbocycles. The molecule has 0 aromatic rings. The Morgan fingerprint density at radius 2 is 1.73 bits per heavy atom. The molecular weight excluding hydrogens is 354 g/mol. The highest BCUT2D eigenvalue weighted by atomic mass is 28.4. The topological polar surface area (TPSA) is 122 Å². The van der Waals surface area contributed by atoms with Gasteiger partial charge >= 0.3 is 11.9 Å². The van der Waals surface area contributed by atoms with Crippen LogP contribution >= 0.6 is 0 Å². The van der Waals surface area contributed by atoms with Crippen LogP contribution in [0.3, 0.4) is 0 Å². The molecule has 8 nitrogen and oxygen atoms in total. The quantitative estimate of drug-likeness (QED) is 0.205. The lowest BCUT2D eigenvalue weighted by molar-refractivity contribution is -0.160. The van der Waals surface area contributed by atoms with Gasteiger partial charge in [-0.1, -0.05) is 25.9 Å². The van der Waals surface area contributed by atoms with Crippen molar-refractivity contribution in [2.45, 2.75) is 84.2 Å². The number of carboxylic acid groups (broad SMARTS) is 1. The van der Waals surface area contributed by atoms with Gasteiger partial charge in [0.1, 0.15) is 5.60 Å². The van der Waals surface area contributed by atoms with Crippen molar-refractivity contribution in [2.24, 2.45) is 11.0 Å². The van der Waals surface area contributed by atoms with Gasteiger partial charge in [-0.3, -0.25) is 9.59 Å². The van der Waals surface area contributed by atoms with Crippen LogP contribution in [0.15, 0.2) is 5.11 Å². The smallest absolute Gasteiger partial charge is 0.307 e. The molecule has 0 saturated heterocycles. The Balaban J connectivity index is 5.26. The van der Waals surface area contributed by atoms with E-state index in [1.165, 1.54) is 0 Å². The van der Waals surface area contributed by atoms with E-state index in [1.54, 1.807) is 20.8 Å².